The second-order valence-corrected chi connectivity index (χ2v) is 4.59. The van der Waals surface area contributed by atoms with Crippen LogP contribution in [0.1, 0.15) is 29.6 Å². The van der Waals surface area contributed by atoms with Gasteiger partial charge < -0.3 is 20.9 Å². The third-order valence-electron chi connectivity index (χ3n) is 3.39. The molecule has 0 heterocycles. The Morgan fingerprint density at radius 1 is 1.50 bits per heavy atom. The van der Waals surface area contributed by atoms with Gasteiger partial charge in [-0.3, -0.25) is 0 Å². The number of nitrogen functional groups attached to an aromatic ring is 1. The van der Waals surface area contributed by atoms with Crippen molar-refractivity contribution in [1.29, 1.82) is 0 Å². The molecular weight excluding hydrogens is 232 g/mol. The quantitative estimate of drug-likeness (QED) is 0.711. The van der Waals surface area contributed by atoms with Crippen LogP contribution in [-0.4, -0.2) is 30.3 Å². The number of methoxy groups -OCH3 is 1. The lowest BCUT2D eigenvalue weighted by atomic mass is 10.1. The summed E-state index contributed by atoms with van der Waals surface area (Å²) in [5, 5.41) is 12.4. The lowest BCUT2D eigenvalue weighted by molar-refractivity contribution is 0.0698. The SMILES string of the molecule is COC1CCC(Nc2c(N)cccc2C(=O)O)C1. The van der Waals surface area contributed by atoms with E-state index in [1.807, 2.05) is 0 Å². The number of ether oxygens (including phenoxy) is 1. The van der Waals surface area contributed by atoms with Crippen LogP contribution in [0.3, 0.4) is 0 Å². The van der Waals surface area contributed by atoms with Gasteiger partial charge >= 0.3 is 5.97 Å². The monoisotopic (exact) mass is 250 g/mol. The van der Waals surface area contributed by atoms with Crippen LogP contribution in [0.5, 0.6) is 0 Å². The van der Waals surface area contributed by atoms with Gasteiger partial charge in [0.05, 0.1) is 23.0 Å². The predicted octanol–water partition coefficient (Wildman–Crippen LogP) is 1.95. The number of hydrogen-bond donors (Lipinski definition) is 3. The van der Waals surface area contributed by atoms with Crippen LogP contribution >= 0.6 is 0 Å². The van der Waals surface area contributed by atoms with Crippen LogP contribution in [0.15, 0.2) is 18.2 Å². The third kappa shape index (κ3) is 2.56. The summed E-state index contributed by atoms with van der Waals surface area (Å²) < 4.78 is 5.30. The zero-order valence-corrected chi connectivity index (χ0v) is 10.3. The first-order valence-electron chi connectivity index (χ1n) is 6.03. The molecule has 0 spiro atoms. The van der Waals surface area contributed by atoms with Gasteiger partial charge in [-0.15, -0.1) is 0 Å². The molecule has 2 atom stereocenters. The van der Waals surface area contributed by atoms with E-state index < -0.39 is 5.97 Å². The van der Waals surface area contributed by atoms with E-state index in [0.29, 0.717) is 11.4 Å². The first-order chi connectivity index (χ1) is 8.61. The van der Waals surface area contributed by atoms with E-state index in [1.165, 1.54) is 0 Å². The van der Waals surface area contributed by atoms with E-state index in [4.69, 9.17) is 15.6 Å². The lowest BCUT2D eigenvalue weighted by Crippen LogP contribution is -2.20. The fourth-order valence-electron chi connectivity index (χ4n) is 2.40. The highest BCUT2D eigenvalue weighted by atomic mass is 16.5. The van der Waals surface area contributed by atoms with E-state index in [9.17, 15) is 4.79 Å². The van der Waals surface area contributed by atoms with Crippen molar-refractivity contribution in [1.82, 2.24) is 0 Å². The van der Waals surface area contributed by atoms with Crippen molar-refractivity contribution in [3.05, 3.63) is 23.8 Å². The van der Waals surface area contributed by atoms with Crippen molar-refractivity contribution in [3.8, 4) is 0 Å². The van der Waals surface area contributed by atoms with Gasteiger partial charge in [0.1, 0.15) is 0 Å². The van der Waals surface area contributed by atoms with E-state index in [1.54, 1.807) is 25.3 Å². The maximum atomic E-state index is 11.1. The standard InChI is InChI=1S/C13H18N2O3/c1-18-9-6-5-8(7-9)15-12-10(13(16)17)3-2-4-11(12)14/h2-4,8-9,15H,5-7,14H2,1H3,(H,16,17). The third-order valence-corrected chi connectivity index (χ3v) is 3.39. The normalized spacial score (nSPS) is 22.9. The number of rotatable bonds is 4. The fourth-order valence-corrected chi connectivity index (χ4v) is 2.40. The van der Waals surface area contributed by atoms with Gasteiger partial charge in [-0.1, -0.05) is 6.07 Å². The van der Waals surface area contributed by atoms with Crippen molar-refractivity contribution in [2.24, 2.45) is 0 Å². The molecule has 1 saturated carbocycles. The minimum Gasteiger partial charge on any atom is -0.478 e. The molecule has 1 aliphatic carbocycles. The van der Waals surface area contributed by atoms with Crippen LogP contribution in [0, 0.1) is 0 Å². The molecule has 1 aromatic carbocycles. The average Bonchev–Trinajstić information content (AvgIpc) is 2.79. The zero-order valence-electron chi connectivity index (χ0n) is 10.3. The molecule has 0 aromatic heterocycles. The Kier molecular flexibility index (Phi) is 3.72. The number of carboxylic acids is 1. The predicted molar refractivity (Wildman–Crippen MR) is 69.9 cm³/mol. The molecule has 1 aromatic rings. The molecule has 4 N–H and O–H groups in total. The van der Waals surface area contributed by atoms with Gasteiger partial charge in [-0.2, -0.15) is 0 Å². The average molecular weight is 250 g/mol. The molecule has 1 fully saturated rings. The number of benzene rings is 1. The smallest absolute Gasteiger partial charge is 0.337 e. The number of nitrogens with one attached hydrogen (secondary N) is 1. The minimum atomic E-state index is -0.967. The molecule has 2 unspecified atom stereocenters. The van der Waals surface area contributed by atoms with Crippen LogP contribution < -0.4 is 11.1 Å². The molecule has 18 heavy (non-hydrogen) atoms. The largest absolute Gasteiger partial charge is 0.478 e. The number of hydrogen-bond acceptors (Lipinski definition) is 4. The van der Waals surface area contributed by atoms with Gasteiger partial charge in [-0.05, 0) is 31.4 Å². The highest BCUT2D eigenvalue weighted by Gasteiger charge is 2.26. The molecule has 0 bridgehead atoms. The molecule has 0 saturated heterocycles. The van der Waals surface area contributed by atoms with Crippen molar-refractivity contribution >= 4 is 17.3 Å². The van der Waals surface area contributed by atoms with E-state index >= 15 is 0 Å². The Balaban J connectivity index is 2.16. The molecule has 0 radical (unpaired) electrons. The second kappa shape index (κ2) is 5.27. The molecule has 5 heteroatoms. The minimum absolute atomic E-state index is 0.218. The van der Waals surface area contributed by atoms with E-state index in [0.717, 1.165) is 19.3 Å². The van der Waals surface area contributed by atoms with Gasteiger partial charge in [0.15, 0.2) is 0 Å². The Hall–Kier alpha value is -1.75. The first kappa shape index (κ1) is 12.7. The highest BCUT2D eigenvalue weighted by Crippen LogP contribution is 2.29. The summed E-state index contributed by atoms with van der Waals surface area (Å²) in [6, 6.07) is 5.13. The van der Waals surface area contributed by atoms with Crippen LogP contribution in [-0.2, 0) is 4.74 Å². The summed E-state index contributed by atoms with van der Waals surface area (Å²) in [4.78, 5) is 11.1. The molecule has 0 aliphatic heterocycles. The lowest BCUT2D eigenvalue weighted by Gasteiger charge is -2.18. The highest BCUT2D eigenvalue weighted by molar-refractivity contribution is 5.97. The molecule has 98 valence electrons. The summed E-state index contributed by atoms with van der Waals surface area (Å²) in [5.74, 6) is -0.967. The van der Waals surface area contributed by atoms with Crippen molar-refractivity contribution < 1.29 is 14.6 Å². The summed E-state index contributed by atoms with van der Waals surface area (Å²) in [6.07, 6.45) is 3.08. The maximum absolute atomic E-state index is 11.1. The number of para-hydroxylation sites is 1. The Morgan fingerprint density at radius 3 is 2.89 bits per heavy atom. The van der Waals surface area contributed by atoms with Gasteiger partial charge in [0.25, 0.3) is 0 Å². The number of anilines is 2. The molecule has 0 amide bonds. The maximum Gasteiger partial charge on any atom is 0.337 e. The van der Waals surface area contributed by atoms with E-state index in [2.05, 4.69) is 5.32 Å². The number of carbonyl (C=O) groups is 1. The number of aromatic carboxylic acids is 1. The second-order valence-electron chi connectivity index (χ2n) is 4.59. The van der Waals surface area contributed by atoms with Crippen LogP contribution in [0.2, 0.25) is 0 Å². The Morgan fingerprint density at radius 2 is 2.28 bits per heavy atom. The van der Waals surface area contributed by atoms with Crippen molar-refractivity contribution in [2.75, 3.05) is 18.2 Å². The topological polar surface area (TPSA) is 84.6 Å². The summed E-state index contributed by atoms with van der Waals surface area (Å²) in [6.45, 7) is 0. The Bertz CT molecular complexity index is 448. The van der Waals surface area contributed by atoms with E-state index in [-0.39, 0.29) is 17.7 Å². The molecule has 5 nitrogen and oxygen atoms in total. The van der Waals surface area contributed by atoms with Crippen LogP contribution in [0.25, 0.3) is 0 Å². The van der Waals surface area contributed by atoms with Crippen molar-refractivity contribution in [2.45, 2.75) is 31.4 Å². The summed E-state index contributed by atoms with van der Waals surface area (Å²) in [7, 11) is 1.70. The van der Waals surface area contributed by atoms with Crippen molar-refractivity contribution in [3.63, 3.8) is 0 Å². The Labute approximate surface area is 106 Å². The number of nitrogens with two attached hydrogens (primary N) is 1. The molecule has 1 aliphatic rings. The fraction of sp³-hybridized carbons (Fsp3) is 0.462. The summed E-state index contributed by atoms with van der Waals surface area (Å²) in [5.41, 5.74) is 7.05. The number of carboxylic acid groups (broad SMARTS) is 1. The molecule has 2 rings (SSSR count). The van der Waals surface area contributed by atoms with Crippen LogP contribution in [0.4, 0.5) is 11.4 Å². The molecular formula is C13H18N2O3. The zero-order chi connectivity index (χ0) is 13.1. The first-order valence-corrected chi connectivity index (χ1v) is 6.03. The van der Waals surface area contributed by atoms with Gasteiger partial charge in [0.2, 0.25) is 0 Å². The van der Waals surface area contributed by atoms with Gasteiger partial charge in [-0.25, -0.2) is 4.79 Å². The van der Waals surface area contributed by atoms with Gasteiger partial charge in [0, 0.05) is 13.2 Å². The summed E-state index contributed by atoms with van der Waals surface area (Å²) >= 11 is 0.